The van der Waals surface area contributed by atoms with Crippen molar-refractivity contribution in [3.05, 3.63) is 17.5 Å². The summed E-state index contributed by atoms with van der Waals surface area (Å²) in [6, 6.07) is 1.77. The van der Waals surface area contributed by atoms with E-state index < -0.39 is 6.10 Å². The first-order valence-electron chi connectivity index (χ1n) is 3.88. The van der Waals surface area contributed by atoms with Gasteiger partial charge in [-0.15, -0.1) is 0 Å². The lowest BCUT2D eigenvalue weighted by molar-refractivity contribution is 0.187. The average Bonchev–Trinajstić information content (AvgIpc) is 2.34. The molecule has 0 aliphatic heterocycles. The van der Waals surface area contributed by atoms with E-state index in [0.717, 1.165) is 5.76 Å². The number of aliphatic hydroxyl groups is 1. The van der Waals surface area contributed by atoms with Crippen LogP contribution in [0, 0.1) is 0 Å². The molecule has 4 nitrogen and oxygen atoms in total. The summed E-state index contributed by atoms with van der Waals surface area (Å²) in [7, 11) is 3.90. The molecule has 0 aromatic carbocycles. The van der Waals surface area contributed by atoms with E-state index in [4.69, 9.17) is 9.63 Å². The first-order valence-corrected chi connectivity index (χ1v) is 3.88. The Morgan fingerprint density at radius 3 is 2.75 bits per heavy atom. The van der Waals surface area contributed by atoms with Crippen molar-refractivity contribution < 1.29 is 9.63 Å². The Morgan fingerprint density at radius 2 is 2.33 bits per heavy atom. The van der Waals surface area contributed by atoms with E-state index in [1.165, 1.54) is 0 Å². The third kappa shape index (κ3) is 2.32. The first-order chi connectivity index (χ1) is 5.59. The molecule has 0 saturated heterocycles. The van der Waals surface area contributed by atoms with Gasteiger partial charge in [-0.25, -0.2) is 0 Å². The monoisotopic (exact) mass is 170 g/mol. The largest absolute Gasteiger partial charge is 0.387 e. The summed E-state index contributed by atoms with van der Waals surface area (Å²) < 4.78 is 4.99. The van der Waals surface area contributed by atoms with Gasteiger partial charge in [0, 0.05) is 6.07 Å². The molecule has 0 amide bonds. The van der Waals surface area contributed by atoms with Crippen LogP contribution >= 0.6 is 0 Å². The molecule has 1 aromatic heterocycles. The van der Waals surface area contributed by atoms with E-state index in [9.17, 15) is 0 Å². The molecule has 1 rings (SSSR count). The number of rotatable bonds is 3. The molecule has 0 aliphatic carbocycles. The predicted molar refractivity (Wildman–Crippen MR) is 44.5 cm³/mol. The first kappa shape index (κ1) is 9.22. The fraction of sp³-hybridized carbons (Fsp3) is 0.625. The van der Waals surface area contributed by atoms with Crippen molar-refractivity contribution in [1.82, 2.24) is 10.1 Å². The molecule has 0 fully saturated rings. The molecule has 4 heteroatoms. The third-order valence-corrected chi connectivity index (χ3v) is 1.48. The van der Waals surface area contributed by atoms with Crippen LogP contribution < -0.4 is 0 Å². The van der Waals surface area contributed by atoms with Gasteiger partial charge >= 0.3 is 0 Å². The van der Waals surface area contributed by atoms with Crippen molar-refractivity contribution in [3.63, 3.8) is 0 Å². The minimum Gasteiger partial charge on any atom is -0.387 e. The second kappa shape index (κ2) is 3.69. The van der Waals surface area contributed by atoms with Crippen molar-refractivity contribution in [1.29, 1.82) is 0 Å². The molecule has 0 radical (unpaired) electrons. The molecule has 0 bridgehead atoms. The van der Waals surface area contributed by atoms with E-state index in [1.54, 1.807) is 13.0 Å². The fourth-order valence-corrected chi connectivity index (χ4v) is 0.912. The predicted octanol–water partition coefficient (Wildman–Crippen LogP) is 0.790. The van der Waals surface area contributed by atoms with Gasteiger partial charge in [0.25, 0.3) is 0 Å². The van der Waals surface area contributed by atoms with Gasteiger partial charge in [-0.2, -0.15) is 0 Å². The van der Waals surface area contributed by atoms with E-state index in [2.05, 4.69) is 5.16 Å². The Labute approximate surface area is 71.8 Å². The lowest BCUT2D eigenvalue weighted by atomic mass is 10.2. The topological polar surface area (TPSA) is 49.5 Å². The summed E-state index contributed by atoms with van der Waals surface area (Å²) >= 11 is 0. The van der Waals surface area contributed by atoms with Crippen LogP contribution in [0.1, 0.15) is 24.5 Å². The van der Waals surface area contributed by atoms with Gasteiger partial charge in [-0.05, 0) is 21.0 Å². The summed E-state index contributed by atoms with van der Waals surface area (Å²) in [5, 5.41) is 12.9. The maximum Gasteiger partial charge on any atom is 0.151 e. The van der Waals surface area contributed by atoms with E-state index in [-0.39, 0.29) is 0 Å². The smallest absolute Gasteiger partial charge is 0.151 e. The third-order valence-electron chi connectivity index (χ3n) is 1.48. The van der Waals surface area contributed by atoms with Gasteiger partial charge in [0.15, 0.2) is 5.76 Å². The molecular formula is C8H14N2O2. The maximum atomic E-state index is 9.14. The van der Waals surface area contributed by atoms with Crippen LogP contribution in [0.15, 0.2) is 10.6 Å². The Balaban J connectivity index is 2.64. The van der Waals surface area contributed by atoms with Crippen molar-refractivity contribution in [2.45, 2.75) is 19.6 Å². The van der Waals surface area contributed by atoms with E-state index >= 15 is 0 Å². The Hall–Kier alpha value is -0.870. The molecule has 1 heterocycles. The van der Waals surface area contributed by atoms with Gasteiger partial charge in [0.1, 0.15) is 5.69 Å². The molecular weight excluding hydrogens is 156 g/mol. The van der Waals surface area contributed by atoms with Crippen LogP contribution in [0.5, 0.6) is 0 Å². The lowest BCUT2D eigenvalue weighted by Crippen LogP contribution is -2.09. The Kier molecular flexibility index (Phi) is 2.83. The fourth-order valence-electron chi connectivity index (χ4n) is 0.912. The number of aromatic nitrogens is 1. The zero-order valence-corrected chi connectivity index (χ0v) is 7.61. The SMILES string of the molecule is CC(O)c1cc(CN(C)C)on1. The standard InChI is InChI=1S/C8H14N2O2/c1-6(11)8-4-7(12-9-8)5-10(2)3/h4,6,11H,5H2,1-3H3. The molecule has 0 aliphatic rings. The number of hydrogen-bond donors (Lipinski definition) is 1. The summed E-state index contributed by atoms with van der Waals surface area (Å²) in [6.45, 7) is 2.37. The second-order valence-electron chi connectivity index (χ2n) is 3.13. The lowest BCUT2D eigenvalue weighted by Gasteiger charge is -2.03. The van der Waals surface area contributed by atoms with Crippen molar-refractivity contribution in [2.24, 2.45) is 0 Å². The highest BCUT2D eigenvalue weighted by molar-refractivity contribution is 5.07. The van der Waals surface area contributed by atoms with Gasteiger partial charge in [-0.1, -0.05) is 5.16 Å². The molecule has 0 saturated carbocycles. The normalized spacial score (nSPS) is 13.8. The van der Waals surface area contributed by atoms with Gasteiger partial charge in [0.2, 0.25) is 0 Å². The summed E-state index contributed by atoms with van der Waals surface area (Å²) in [5.41, 5.74) is 0.590. The molecule has 0 spiro atoms. The summed E-state index contributed by atoms with van der Waals surface area (Å²) in [4.78, 5) is 1.98. The Morgan fingerprint density at radius 1 is 1.67 bits per heavy atom. The summed E-state index contributed by atoms with van der Waals surface area (Å²) in [6.07, 6.45) is -0.551. The minimum absolute atomic E-state index is 0.551. The highest BCUT2D eigenvalue weighted by Gasteiger charge is 2.08. The highest BCUT2D eigenvalue weighted by atomic mass is 16.5. The van der Waals surface area contributed by atoms with Crippen molar-refractivity contribution in [2.75, 3.05) is 14.1 Å². The summed E-state index contributed by atoms with van der Waals surface area (Å²) in [5.74, 6) is 0.774. The zero-order chi connectivity index (χ0) is 9.14. The van der Waals surface area contributed by atoms with Crippen molar-refractivity contribution >= 4 is 0 Å². The van der Waals surface area contributed by atoms with Gasteiger partial charge in [0.05, 0.1) is 12.6 Å². The highest BCUT2D eigenvalue weighted by Crippen LogP contribution is 2.12. The minimum atomic E-state index is -0.551. The van der Waals surface area contributed by atoms with Crippen LogP contribution in [-0.2, 0) is 6.54 Å². The number of nitrogens with zero attached hydrogens (tertiary/aromatic N) is 2. The molecule has 1 atom stereocenters. The second-order valence-corrected chi connectivity index (χ2v) is 3.13. The van der Waals surface area contributed by atoms with E-state index in [1.807, 2.05) is 19.0 Å². The van der Waals surface area contributed by atoms with Crippen LogP contribution in [0.2, 0.25) is 0 Å². The number of aliphatic hydroxyl groups excluding tert-OH is 1. The molecule has 12 heavy (non-hydrogen) atoms. The number of hydrogen-bond acceptors (Lipinski definition) is 4. The van der Waals surface area contributed by atoms with Crippen molar-refractivity contribution in [3.8, 4) is 0 Å². The van der Waals surface area contributed by atoms with Crippen LogP contribution in [-0.4, -0.2) is 29.3 Å². The Bertz CT molecular complexity index is 243. The van der Waals surface area contributed by atoms with Crippen LogP contribution in [0.25, 0.3) is 0 Å². The molecule has 1 unspecified atom stereocenters. The van der Waals surface area contributed by atoms with E-state index in [0.29, 0.717) is 12.2 Å². The average molecular weight is 170 g/mol. The van der Waals surface area contributed by atoms with Crippen LogP contribution in [0.3, 0.4) is 0 Å². The quantitative estimate of drug-likeness (QED) is 0.728. The van der Waals surface area contributed by atoms with Crippen LogP contribution in [0.4, 0.5) is 0 Å². The molecule has 68 valence electrons. The zero-order valence-electron chi connectivity index (χ0n) is 7.61. The molecule has 1 aromatic rings. The van der Waals surface area contributed by atoms with Gasteiger partial charge < -0.3 is 14.5 Å². The molecule has 1 N–H and O–H groups in total. The maximum absolute atomic E-state index is 9.14. The van der Waals surface area contributed by atoms with Gasteiger partial charge in [-0.3, -0.25) is 0 Å².